The number of aliphatic imine (C=N–C) groups is 1. The van der Waals surface area contributed by atoms with E-state index in [0.29, 0.717) is 10.0 Å². The molecule has 0 saturated carbocycles. The Morgan fingerprint density at radius 3 is 2.93 bits per heavy atom. The average molecular weight is 256 g/mol. The number of carbonyl (C=O) groups is 1. The third-order valence-corrected chi connectivity index (χ3v) is 2.83. The number of rotatable bonds is 0. The normalized spacial score (nSPS) is 19.6. The summed E-state index contributed by atoms with van der Waals surface area (Å²) in [7, 11) is 0. The van der Waals surface area contributed by atoms with Crippen molar-refractivity contribution in [3.63, 3.8) is 0 Å². The maximum Gasteiger partial charge on any atom is 0.174 e. The van der Waals surface area contributed by atoms with Crippen molar-refractivity contribution < 1.29 is 9.18 Å². The van der Waals surface area contributed by atoms with E-state index in [1.165, 1.54) is 18.3 Å². The quantitative estimate of drug-likeness (QED) is 0.701. The molecule has 1 atom stereocenters. The van der Waals surface area contributed by atoms with Gasteiger partial charge in [0.25, 0.3) is 0 Å². The van der Waals surface area contributed by atoms with Gasteiger partial charge in [-0.1, -0.05) is 6.92 Å². The van der Waals surface area contributed by atoms with Gasteiger partial charge in [0, 0.05) is 10.7 Å². The van der Waals surface area contributed by atoms with E-state index in [2.05, 4.69) is 20.9 Å². The molecule has 1 aliphatic heterocycles. The molecule has 2 rings (SSSR count). The number of carbonyl (C=O) groups excluding carboxylic acids is 1. The summed E-state index contributed by atoms with van der Waals surface area (Å²) in [6.07, 6.45) is 1.47. The number of fused-ring (bicyclic) bond motifs is 1. The van der Waals surface area contributed by atoms with Gasteiger partial charge in [0.05, 0.1) is 11.5 Å². The first-order chi connectivity index (χ1) is 6.61. The summed E-state index contributed by atoms with van der Waals surface area (Å²) in [5.41, 5.74) is 0.488. The molecular formula is C10H7BrFNO. The summed E-state index contributed by atoms with van der Waals surface area (Å²) in [6.45, 7) is 1.74. The van der Waals surface area contributed by atoms with Crippen LogP contribution in [0.3, 0.4) is 0 Å². The Labute approximate surface area is 89.0 Å². The molecule has 0 bridgehead atoms. The number of benzene rings is 1. The van der Waals surface area contributed by atoms with E-state index in [1.807, 2.05) is 0 Å². The number of Topliss-reactive ketones (excluding diaryl/α,β-unsaturated/α-hetero) is 1. The van der Waals surface area contributed by atoms with E-state index >= 15 is 0 Å². The molecule has 0 N–H and O–H groups in total. The number of hydrogen-bond acceptors (Lipinski definition) is 2. The molecule has 0 aliphatic carbocycles. The van der Waals surface area contributed by atoms with E-state index in [-0.39, 0.29) is 17.4 Å². The van der Waals surface area contributed by atoms with E-state index in [9.17, 15) is 9.18 Å². The molecule has 0 spiro atoms. The Bertz CT molecular complexity index is 442. The summed E-state index contributed by atoms with van der Waals surface area (Å²) in [6, 6.07) is 2.82. The largest absolute Gasteiger partial charge is 0.293 e. The van der Waals surface area contributed by atoms with Crippen molar-refractivity contribution in [1.29, 1.82) is 0 Å². The highest BCUT2D eigenvalue weighted by atomic mass is 79.9. The van der Waals surface area contributed by atoms with E-state index < -0.39 is 5.82 Å². The monoisotopic (exact) mass is 255 g/mol. The van der Waals surface area contributed by atoms with Crippen molar-refractivity contribution in [2.45, 2.75) is 6.92 Å². The Hall–Kier alpha value is -1.03. The summed E-state index contributed by atoms with van der Waals surface area (Å²) < 4.78 is 13.9. The maximum atomic E-state index is 13.3. The third kappa shape index (κ3) is 1.30. The standard InChI is InChI=1S/C10H7BrFNO/c1-5-4-13-9-7(12)3-2-6(11)8(9)10(5)14/h2-5H,1H3. The molecule has 0 saturated heterocycles. The van der Waals surface area contributed by atoms with E-state index in [4.69, 9.17) is 0 Å². The lowest BCUT2D eigenvalue weighted by Gasteiger charge is -2.15. The fourth-order valence-electron chi connectivity index (χ4n) is 1.38. The number of ketones is 1. The molecule has 0 aromatic heterocycles. The summed E-state index contributed by atoms with van der Waals surface area (Å²) in [5.74, 6) is -0.832. The molecular weight excluding hydrogens is 249 g/mol. The minimum atomic E-state index is -0.459. The van der Waals surface area contributed by atoms with Gasteiger partial charge in [0.2, 0.25) is 0 Å². The maximum absolute atomic E-state index is 13.3. The van der Waals surface area contributed by atoms with Gasteiger partial charge in [0.15, 0.2) is 5.78 Å². The highest BCUT2D eigenvalue weighted by Gasteiger charge is 2.25. The SMILES string of the molecule is CC1C=Nc2c(F)ccc(Br)c2C1=O. The molecule has 4 heteroatoms. The molecule has 1 heterocycles. The fourth-order valence-corrected chi connectivity index (χ4v) is 1.90. The lowest BCUT2D eigenvalue weighted by molar-refractivity contribution is 0.0961. The summed E-state index contributed by atoms with van der Waals surface area (Å²) >= 11 is 3.22. The topological polar surface area (TPSA) is 29.4 Å². The zero-order valence-corrected chi connectivity index (χ0v) is 9.01. The second-order valence-corrected chi connectivity index (χ2v) is 4.04. The van der Waals surface area contributed by atoms with Crippen molar-refractivity contribution in [1.82, 2.24) is 0 Å². The Balaban J connectivity index is 2.73. The van der Waals surface area contributed by atoms with Crippen LogP contribution in [0.1, 0.15) is 17.3 Å². The number of hydrogen-bond donors (Lipinski definition) is 0. The molecule has 0 radical (unpaired) electrons. The Morgan fingerprint density at radius 1 is 1.50 bits per heavy atom. The molecule has 0 fully saturated rings. The van der Waals surface area contributed by atoms with Crippen LogP contribution in [0.5, 0.6) is 0 Å². The molecule has 1 aromatic rings. The van der Waals surface area contributed by atoms with Crippen LogP contribution in [0.4, 0.5) is 10.1 Å². The summed E-state index contributed by atoms with van der Waals surface area (Å²) in [4.78, 5) is 15.6. The van der Waals surface area contributed by atoms with Gasteiger partial charge >= 0.3 is 0 Å². The molecule has 1 unspecified atom stereocenters. The molecule has 1 aromatic carbocycles. The van der Waals surface area contributed by atoms with E-state index in [0.717, 1.165) is 0 Å². The first-order valence-corrected chi connectivity index (χ1v) is 4.97. The molecule has 1 aliphatic rings. The summed E-state index contributed by atoms with van der Waals surface area (Å²) in [5, 5.41) is 0. The first kappa shape index (κ1) is 9.52. The van der Waals surface area contributed by atoms with Crippen molar-refractivity contribution in [2.75, 3.05) is 0 Å². The second kappa shape index (κ2) is 3.28. The predicted octanol–water partition coefficient (Wildman–Crippen LogP) is 3.12. The van der Waals surface area contributed by atoms with Gasteiger partial charge in [-0.2, -0.15) is 0 Å². The minimum Gasteiger partial charge on any atom is -0.293 e. The zero-order valence-electron chi connectivity index (χ0n) is 7.42. The number of nitrogens with zero attached hydrogens (tertiary/aromatic N) is 1. The smallest absolute Gasteiger partial charge is 0.174 e. The first-order valence-electron chi connectivity index (χ1n) is 4.17. The Kier molecular flexibility index (Phi) is 2.23. The Morgan fingerprint density at radius 2 is 2.21 bits per heavy atom. The van der Waals surface area contributed by atoms with Crippen LogP contribution in [0.15, 0.2) is 21.6 Å². The predicted molar refractivity (Wildman–Crippen MR) is 55.7 cm³/mol. The van der Waals surface area contributed by atoms with Gasteiger partial charge in [-0.05, 0) is 28.1 Å². The van der Waals surface area contributed by atoms with Crippen LogP contribution in [0, 0.1) is 11.7 Å². The highest BCUT2D eigenvalue weighted by Crippen LogP contribution is 2.34. The van der Waals surface area contributed by atoms with Crippen molar-refractivity contribution in [3.8, 4) is 0 Å². The van der Waals surface area contributed by atoms with E-state index in [1.54, 1.807) is 6.92 Å². The lowest BCUT2D eigenvalue weighted by Crippen LogP contribution is -2.17. The van der Waals surface area contributed by atoms with Gasteiger partial charge in [0.1, 0.15) is 11.5 Å². The van der Waals surface area contributed by atoms with Crippen LogP contribution < -0.4 is 0 Å². The van der Waals surface area contributed by atoms with Gasteiger partial charge < -0.3 is 0 Å². The minimum absolute atomic E-state index is 0.0959. The molecule has 14 heavy (non-hydrogen) atoms. The van der Waals surface area contributed by atoms with Crippen LogP contribution in [0.25, 0.3) is 0 Å². The highest BCUT2D eigenvalue weighted by molar-refractivity contribution is 9.10. The molecule has 72 valence electrons. The van der Waals surface area contributed by atoms with Crippen LogP contribution in [0.2, 0.25) is 0 Å². The second-order valence-electron chi connectivity index (χ2n) is 3.18. The molecule has 0 amide bonds. The van der Waals surface area contributed by atoms with Gasteiger partial charge in [-0.25, -0.2) is 4.39 Å². The van der Waals surface area contributed by atoms with Crippen LogP contribution >= 0.6 is 15.9 Å². The van der Waals surface area contributed by atoms with Crippen molar-refractivity contribution >= 4 is 33.6 Å². The van der Waals surface area contributed by atoms with Crippen LogP contribution in [-0.4, -0.2) is 12.0 Å². The lowest BCUT2D eigenvalue weighted by atomic mass is 9.96. The number of halogens is 2. The fraction of sp³-hybridized carbons (Fsp3) is 0.200. The van der Waals surface area contributed by atoms with Gasteiger partial charge in [-0.3, -0.25) is 9.79 Å². The third-order valence-electron chi connectivity index (χ3n) is 2.17. The average Bonchev–Trinajstić information content (AvgIpc) is 2.16. The van der Waals surface area contributed by atoms with Crippen molar-refractivity contribution in [2.24, 2.45) is 10.9 Å². The van der Waals surface area contributed by atoms with Gasteiger partial charge in [-0.15, -0.1) is 0 Å². The van der Waals surface area contributed by atoms with Crippen LogP contribution in [-0.2, 0) is 0 Å². The van der Waals surface area contributed by atoms with Crippen molar-refractivity contribution in [3.05, 3.63) is 28.0 Å². The molecule has 2 nitrogen and oxygen atoms in total. The zero-order chi connectivity index (χ0) is 10.3.